The molecule has 1 N–H and O–H groups in total. The molecule has 94 valence electrons. The van der Waals surface area contributed by atoms with Gasteiger partial charge in [0.2, 0.25) is 0 Å². The van der Waals surface area contributed by atoms with Gasteiger partial charge in [0.25, 0.3) is 0 Å². The molecule has 0 fully saturated rings. The summed E-state index contributed by atoms with van der Waals surface area (Å²) in [6, 6.07) is 6.07. The maximum absolute atomic E-state index is 10.5. The first-order valence-corrected chi connectivity index (χ1v) is 7.16. The van der Waals surface area contributed by atoms with Gasteiger partial charge in [-0.3, -0.25) is 4.79 Å². The molecule has 0 aliphatic heterocycles. The summed E-state index contributed by atoms with van der Waals surface area (Å²) >= 11 is 5.00. The zero-order valence-electron chi connectivity index (χ0n) is 9.81. The number of halogens is 1. The number of aromatic nitrogens is 1. The highest BCUT2D eigenvalue weighted by atomic mass is 79.9. The normalized spacial score (nSPS) is 10.6. The van der Waals surface area contributed by atoms with Crippen molar-refractivity contribution < 1.29 is 9.90 Å². The number of aliphatic carboxylic acids is 1. The van der Waals surface area contributed by atoms with Gasteiger partial charge in [-0.15, -0.1) is 11.3 Å². The smallest absolute Gasteiger partial charge is 0.303 e. The predicted octanol–water partition coefficient (Wildman–Crippen LogP) is 3.90. The molecule has 18 heavy (non-hydrogen) atoms. The molecule has 0 aliphatic carbocycles. The van der Waals surface area contributed by atoms with E-state index >= 15 is 0 Å². The molecule has 0 spiro atoms. The fourth-order valence-electron chi connectivity index (χ4n) is 1.61. The van der Waals surface area contributed by atoms with Crippen molar-refractivity contribution in [3.63, 3.8) is 0 Å². The number of carboxylic acid groups (broad SMARTS) is 1. The van der Waals surface area contributed by atoms with Crippen LogP contribution in [0.5, 0.6) is 0 Å². The van der Waals surface area contributed by atoms with E-state index in [0.717, 1.165) is 26.3 Å². The second kappa shape index (κ2) is 5.63. The number of aryl methyl sites for hydroxylation is 2. The minimum Gasteiger partial charge on any atom is -0.481 e. The fraction of sp³-hybridized carbons (Fsp3) is 0.231. The maximum Gasteiger partial charge on any atom is 0.303 e. The molecular formula is C13H12BrNO2S. The van der Waals surface area contributed by atoms with Gasteiger partial charge in [-0.2, -0.15) is 0 Å². The first-order valence-electron chi connectivity index (χ1n) is 5.49. The van der Waals surface area contributed by atoms with Gasteiger partial charge in [0.15, 0.2) is 0 Å². The topological polar surface area (TPSA) is 50.2 Å². The maximum atomic E-state index is 10.5. The lowest BCUT2D eigenvalue weighted by molar-refractivity contribution is -0.136. The number of benzene rings is 1. The molecule has 0 aliphatic rings. The average Bonchev–Trinajstić information content (AvgIpc) is 2.78. The van der Waals surface area contributed by atoms with Crippen molar-refractivity contribution >= 4 is 33.2 Å². The SMILES string of the molecule is Cc1ccc(Br)cc1-c1nc(CCC(=O)O)cs1. The van der Waals surface area contributed by atoms with Crippen LogP contribution in [0.25, 0.3) is 10.6 Å². The fourth-order valence-corrected chi connectivity index (χ4v) is 2.90. The van der Waals surface area contributed by atoms with Crippen molar-refractivity contribution in [2.75, 3.05) is 0 Å². The summed E-state index contributed by atoms with van der Waals surface area (Å²) < 4.78 is 1.02. The molecule has 1 aromatic carbocycles. The van der Waals surface area contributed by atoms with Crippen molar-refractivity contribution in [2.24, 2.45) is 0 Å². The molecule has 2 rings (SSSR count). The highest BCUT2D eigenvalue weighted by Crippen LogP contribution is 2.29. The van der Waals surface area contributed by atoms with Gasteiger partial charge < -0.3 is 5.11 Å². The average molecular weight is 326 g/mol. The van der Waals surface area contributed by atoms with Crippen LogP contribution >= 0.6 is 27.3 Å². The van der Waals surface area contributed by atoms with Crippen LogP contribution in [0.15, 0.2) is 28.1 Å². The Bertz CT molecular complexity index is 580. The minimum absolute atomic E-state index is 0.126. The van der Waals surface area contributed by atoms with Crippen LogP contribution in [0, 0.1) is 6.92 Å². The molecule has 1 aromatic heterocycles. The molecule has 0 saturated heterocycles. The summed E-state index contributed by atoms with van der Waals surface area (Å²) in [5, 5.41) is 11.5. The lowest BCUT2D eigenvalue weighted by atomic mass is 10.1. The largest absolute Gasteiger partial charge is 0.481 e. The van der Waals surface area contributed by atoms with Gasteiger partial charge >= 0.3 is 5.97 Å². The molecule has 5 heteroatoms. The Kier molecular flexibility index (Phi) is 4.14. The van der Waals surface area contributed by atoms with Gasteiger partial charge in [0.05, 0.1) is 12.1 Å². The lowest BCUT2D eigenvalue weighted by Gasteiger charge is -2.02. The van der Waals surface area contributed by atoms with Crippen LogP contribution in [0.3, 0.4) is 0 Å². The highest BCUT2D eigenvalue weighted by Gasteiger charge is 2.09. The number of hydrogen-bond acceptors (Lipinski definition) is 3. The highest BCUT2D eigenvalue weighted by molar-refractivity contribution is 9.10. The van der Waals surface area contributed by atoms with Crippen LogP contribution in [0.1, 0.15) is 17.7 Å². The van der Waals surface area contributed by atoms with E-state index in [1.807, 2.05) is 30.5 Å². The van der Waals surface area contributed by atoms with E-state index in [0.29, 0.717) is 6.42 Å². The Labute approximate surface area is 118 Å². The van der Waals surface area contributed by atoms with Crippen molar-refractivity contribution in [2.45, 2.75) is 19.8 Å². The molecule has 0 unspecified atom stereocenters. The molecule has 0 radical (unpaired) electrons. The lowest BCUT2D eigenvalue weighted by Crippen LogP contribution is -1.97. The zero-order valence-corrected chi connectivity index (χ0v) is 12.2. The molecule has 2 aromatic rings. The Morgan fingerprint density at radius 1 is 1.50 bits per heavy atom. The van der Waals surface area contributed by atoms with Gasteiger partial charge in [-0.1, -0.05) is 22.0 Å². The summed E-state index contributed by atoms with van der Waals surface area (Å²) in [6.45, 7) is 2.04. The summed E-state index contributed by atoms with van der Waals surface area (Å²) in [4.78, 5) is 15.0. The number of thiazole rings is 1. The van der Waals surface area contributed by atoms with E-state index in [4.69, 9.17) is 5.11 Å². The molecular weight excluding hydrogens is 314 g/mol. The van der Waals surface area contributed by atoms with Crippen LogP contribution < -0.4 is 0 Å². The van der Waals surface area contributed by atoms with E-state index in [9.17, 15) is 4.79 Å². The quantitative estimate of drug-likeness (QED) is 0.927. The standard InChI is InChI=1S/C13H12BrNO2S/c1-8-2-3-9(14)6-11(8)13-15-10(7-18-13)4-5-12(16)17/h2-3,6-7H,4-5H2,1H3,(H,16,17). The number of nitrogens with zero attached hydrogens (tertiary/aromatic N) is 1. The van der Waals surface area contributed by atoms with E-state index in [1.165, 1.54) is 0 Å². The van der Waals surface area contributed by atoms with Crippen LogP contribution in [-0.2, 0) is 11.2 Å². The van der Waals surface area contributed by atoms with Gasteiger partial charge in [0.1, 0.15) is 5.01 Å². The van der Waals surface area contributed by atoms with E-state index in [1.54, 1.807) is 11.3 Å². The van der Waals surface area contributed by atoms with Crippen molar-refractivity contribution in [3.05, 3.63) is 39.3 Å². The second-order valence-corrected chi connectivity index (χ2v) is 5.77. The third-order valence-corrected chi connectivity index (χ3v) is 3.99. The van der Waals surface area contributed by atoms with E-state index < -0.39 is 5.97 Å². The predicted molar refractivity (Wildman–Crippen MR) is 75.9 cm³/mol. The number of carboxylic acids is 1. The van der Waals surface area contributed by atoms with Crippen LogP contribution in [-0.4, -0.2) is 16.1 Å². The van der Waals surface area contributed by atoms with Crippen molar-refractivity contribution in [1.29, 1.82) is 0 Å². The first-order chi connectivity index (χ1) is 8.56. The van der Waals surface area contributed by atoms with Crippen molar-refractivity contribution in [3.8, 4) is 10.6 Å². The number of hydrogen-bond donors (Lipinski definition) is 1. The molecule has 1 heterocycles. The summed E-state index contributed by atoms with van der Waals surface area (Å²) in [5.74, 6) is -0.789. The summed E-state index contributed by atoms with van der Waals surface area (Å²) in [7, 11) is 0. The van der Waals surface area contributed by atoms with Gasteiger partial charge in [-0.25, -0.2) is 4.98 Å². The number of carbonyl (C=O) groups is 1. The first kappa shape index (κ1) is 13.2. The monoisotopic (exact) mass is 325 g/mol. The summed E-state index contributed by atoms with van der Waals surface area (Å²) in [5.41, 5.74) is 3.10. The van der Waals surface area contributed by atoms with Crippen molar-refractivity contribution in [1.82, 2.24) is 4.98 Å². The number of rotatable bonds is 4. The Morgan fingerprint density at radius 3 is 3.00 bits per heavy atom. The van der Waals surface area contributed by atoms with Gasteiger partial charge in [0, 0.05) is 21.8 Å². The van der Waals surface area contributed by atoms with Gasteiger partial charge in [-0.05, 0) is 24.6 Å². The Balaban J connectivity index is 2.23. The zero-order chi connectivity index (χ0) is 13.1. The third kappa shape index (κ3) is 3.17. The minimum atomic E-state index is -0.789. The summed E-state index contributed by atoms with van der Waals surface area (Å²) in [6.07, 6.45) is 0.611. The molecule has 0 saturated carbocycles. The Morgan fingerprint density at radius 2 is 2.28 bits per heavy atom. The molecule has 0 bridgehead atoms. The third-order valence-electron chi connectivity index (χ3n) is 2.58. The van der Waals surface area contributed by atoms with E-state index in [2.05, 4.69) is 20.9 Å². The second-order valence-electron chi connectivity index (χ2n) is 4.00. The molecule has 3 nitrogen and oxygen atoms in total. The molecule has 0 amide bonds. The van der Waals surface area contributed by atoms with Crippen LogP contribution in [0.4, 0.5) is 0 Å². The molecule has 0 atom stereocenters. The van der Waals surface area contributed by atoms with Crippen LogP contribution in [0.2, 0.25) is 0 Å². The van der Waals surface area contributed by atoms with E-state index in [-0.39, 0.29) is 6.42 Å². The Hall–Kier alpha value is -1.20.